The quantitative estimate of drug-likeness (QED) is 0.547. The summed E-state index contributed by atoms with van der Waals surface area (Å²) in [6.45, 7) is 3.31. The Hall–Kier alpha value is -2.55. The molecule has 0 aliphatic carbocycles. The van der Waals surface area contributed by atoms with Crippen LogP contribution < -0.4 is 10.6 Å². The van der Waals surface area contributed by atoms with Crippen molar-refractivity contribution >= 4 is 52.5 Å². The van der Waals surface area contributed by atoms with Crippen LogP contribution in [0.25, 0.3) is 0 Å². The molecule has 3 saturated heterocycles. The number of fused-ring (bicyclic) bond motifs is 1. The fraction of sp³-hybridized carbons (Fsp3) is 0.423. The highest BCUT2D eigenvalue weighted by molar-refractivity contribution is 8.02. The number of para-hydroxylation sites is 2. The molecule has 5 rings (SSSR count). The highest BCUT2D eigenvalue weighted by atomic mass is 35.5. The molecule has 7 nitrogen and oxygen atoms in total. The number of halogens is 1. The molecule has 1 spiro atoms. The summed E-state index contributed by atoms with van der Waals surface area (Å²) in [5.74, 6) is -1.96. The molecule has 2 bridgehead atoms. The fourth-order valence-corrected chi connectivity index (χ4v) is 8.46. The van der Waals surface area contributed by atoms with Gasteiger partial charge in [0.25, 0.3) is 0 Å². The molecule has 9 heteroatoms. The lowest BCUT2D eigenvalue weighted by Gasteiger charge is -2.36. The number of rotatable bonds is 6. The minimum Gasteiger partial charge on any atom is -0.394 e. The van der Waals surface area contributed by atoms with Gasteiger partial charge < -0.3 is 20.6 Å². The Morgan fingerprint density at radius 3 is 2.60 bits per heavy atom. The van der Waals surface area contributed by atoms with Gasteiger partial charge in [-0.2, -0.15) is 0 Å². The minimum absolute atomic E-state index is 0.0448. The van der Waals surface area contributed by atoms with Crippen LogP contribution in [0.15, 0.2) is 48.5 Å². The van der Waals surface area contributed by atoms with E-state index in [1.165, 1.54) is 4.90 Å². The van der Waals surface area contributed by atoms with E-state index in [2.05, 4.69) is 10.6 Å². The van der Waals surface area contributed by atoms with E-state index in [-0.39, 0.29) is 29.6 Å². The van der Waals surface area contributed by atoms with Gasteiger partial charge in [-0.3, -0.25) is 14.4 Å². The third-order valence-corrected chi connectivity index (χ3v) is 9.81. The Labute approximate surface area is 213 Å². The molecule has 3 fully saturated rings. The van der Waals surface area contributed by atoms with Crippen molar-refractivity contribution in [1.82, 2.24) is 4.90 Å². The van der Waals surface area contributed by atoms with E-state index < -0.39 is 28.7 Å². The molecule has 0 radical (unpaired) electrons. The van der Waals surface area contributed by atoms with Crippen LogP contribution in [-0.4, -0.2) is 56.4 Å². The molecule has 35 heavy (non-hydrogen) atoms. The first-order valence-electron chi connectivity index (χ1n) is 11.8. The SMILES string of the molecule is Cc1cccc(Cl)c1NC(=O)C1N([C@H](C)CO)C(=O)[C@@H]2[C@H](C(=O)Nc3ccccc3)[C@@H]3CCC12S3. The molecule has 3 amide bonds. The van der Waals surface area contributed by atoms with Gasteiger partial charge in [0, 0.05) is 10.9 Å². The molecule has 3 heterocycles. The first-order valence-corrected chi connectivity index (χ1v) is 13.1. The number of likely N-dealkylation sites (tertiary alicyclic amines) is 1. The summed E-state index contributed by atoms with van der Waals surface area (Å²) in [4.78, 5) is 42.6. The number of hydrogen-bond acceptors (Lipinski definition) is 5. The number of aryl methyl sites for hydroxylation is 1. The van der Waals surface area contributed by atoms with Crippen molar-refractivity contribution in [3.63, 3.8) is 0 Å². The maximum atomic E-state index is 13.9. The molecule has 3 aliphatic rings. The highest BCUT2D eigenvalue weighted by Gasteiger charge is 2.74. The van der Waals surface area contributed by atoms with E-state index in [0.717, 1.165) is 12.0 Å². The molecule has 0 aromatic heterocycles. The first-order chi connectivity index (χ1) is 16.8. The lowest BCUT2D eigenvalue weighted by atomic mass is 9.70. The summed E-state index contributed by atoms with van der Waals surface area (Å²) in [6.07, 6.45) is 1.40. The van der Waals surface area contributed by atoms with Gasteiger partial charge in [0.2, 0.25) is 17.7 Å². The maximum Gasteiger partial charge on any atom is 0.248 e. The molecule has 3 N–H and O–H groups in total. The number of nitrogens with one attached hydrogen (secondary N) is 2. The number of thioether (sulfide) groups is 1. The number of benzene rings is 2. The molecule has 184 valence electrons. The molecular formula is C26H28ClN3O4S. The van der Waals surface area contributed by atoms with Gasteiger partial charge in [-0.15, -0.1) is 11.8 Å². The van der Waals surface area contributed by atoms with Crippen molar-refractivity contribution in [2.75, 3.05) is 17.2 Å². The van der Waals surface area contributed by atoms with Crippen LogP contribution in [0.3, 0.4) is 0 Å². The van der Waals surface area contributed by atoms with Crippen molar-refractivity contribution < 1.29 is 19.5 Å². The molecular weight excluding hydrogens is 486 g/mol. The minimum atomic E-state index is -0.817. The largest absolute Gasteiger partial charge is 0.394 e. The van der Waals surface area contributed by atoms with Gasteiger partial charge >= 0.3 is 0 Å². The molecule has 6 atom stereocenters. The van der Waals surface area contributed by atoms with Crippen molar-refractivity contribution in [3.05, 3.63) is 59.1 Å². The Kier molecular flexibility index (Phi) is 6.32. The third-order valence-electron chi connectivity index (χ3n) is 7.54. The molecule has 2 aromatic carbocycles. The average Bonchev–Trinajstić information content (AvgIpc) is 3.49. The van der Waals surface area contributed by atoms with E-state index in [1.807, 2.05) is 49.4 Å². The topological polar surface area (TPSA) is 98.7 Å². The summed E-state index contributed by atoms with van der Waals surface area (Å²) < 4.78 is -0.733. The lowest BCUT2D eigenvalue weighted by Crippen LogP contribution is -2.54. The second-order valence-corrected chi connectivity index (χ2v) is 11.6. The zero-order chi connectivity index (χ0) is 24.9. The van der Waals surface area contributed by atoms with Gasteiger partial charge in [0.1, 0.15) is 6.04 Å². The Morgan fingerprint density at radius 1 is 1.17 bits per heavy atom. The zero-order valence-corrected chi connectivity index (χ0v) is 21.1. The highest BCUT2D eigenvalue weighted by Crippen LogP contribution is 2.66. The fourth-order valence-electron chi connectivity index (χ4n) is 5.98. The second-order valence-electron chi connectivity index (χ2n) is 9.61. The summed E-state index contributed by atoms with van der Waals surface area (Å²) in [5, 5.41) is 16.3. The Morgan fingerprint density at radius 2 is 1.91 bits per heavy atom. The van der Waals surface area contributed by atoms with Crippen LogP contribution in [0.4, 0.5) is 11.4 Å². The van der Waals surface area contributed by atoms with Crippen molar-refractivity contribution in [2.45, 2.75) is 48.8 Å². The third kappa shape index (κ3) is 3.82. The second kappa shape index (κ2) is 9.15. The van der Waals surface area contributed by atoms with Crippen molar-refractivity contribution in [3.8, 4) is 0 Å². The van der Waals surface area contributed by atoms with Gasteiger partial charge in [-0.1, -0.05) is 41.9 Å². The van der Waals surface area contributed by atoms with Crippen LogP contribution in [-0.2, 0) is 14.4 Å². The first kappa shape index (κ1) is 24.2. The molecule has 2 aromatic rings. The van der Waals surface area contributed by atoms with Gasteiger partial charge in [-0.05, 0) is 50.5 Å². The van der Waals surface area contributed by atoms with Gasteiger partial charge in [0.15, 0.2) is 0 Å². The van der Waals surface area contributed by atoms with Crippen LogP contribution >= 0.6 is 23.4 Å². The molecule has 3 aliphatic heterocycles. The van der Waals surface area contributed by atoms with Gasteiger partial charge in [0.05, 0.1) is 39.9 Å². The summed E-state index contributed by atoms with van der Waals surface area (Å²) in [5.41, 5.74) is 2.00. The maximum absolute atomic E-state index is 13.9. The zero-order valence-electron chi connectivity index (χ0n) is 19.5. The van der Waals surface area contributed by atoms with E-state index >= 15 is 0 Å². The van der Waals surface area contributed by atoms with E-state index in [4.69, 9.17) is 11.6 Å². The van der Waals surface area contributed by atoms with Crippen LogP contribution in [0, 0.1) is 18.8 Å². The number of aliphatic hydroxyl groups excluding tert-OH is 1. The smallest absolute Gasteiger partial charge is 0.248 e. The predicted octanol–water partition coefficient (Wildman–Crippen LogP) is 3.70. The predicted molar refractivity (Wildman–Crippen MR) is 137 cm³/mol. The standard InChI is InChI=1S/C26H28ClN3O4S/c1-14-7-6-10-17(27)21(14)29-24(33)22-26-12-11-18(35-26)19(20(26)25(34)30(22)15(2)13-31)23(32)28-16-8-4-3-5-9-16/h3-10,15,18-20,22,31H,11-13H2,1-2H3,(H,28,32)(H,29,33)/t15-,18+,19-,20+,22?,26?/m1/s1. The Balaban J connectivity index is 1.50. The van der Waals surface area contributed by atoms with Crippen molar-refractivity contribution in [2.24, 2.45) is 11.8 Å². The molecule has 0 saturated carbocycles. The summed E-state index contributed by atoms with van der Waals surface area (Å²) >= 11 is 7.96. The van der Waals surface area contributed by atoms with Crippen LogP contribution in [0.1, 0.15) is 25.3 Å². The Bertz CT molecular complexity index is 1160. The number of anilines is 2. The van der Waals surface area contributed by atoms with Crippen LogP contribution in [0.5, 0.6) is 0 Å². The number of carbonyl (C=O) groups is 3. The van der Waals surface area contributed by atoms with E-state index in [0.29, 0.717) is 22.8 Å². The molecule has 2 unspecified atom stereocenters. The number of amides is 3. The lowest BCUT2D eigenvalue weighted by molar-refractivity contribution is -0.140. The number of carbonyl (C=O) groups excluding carboxylic acids is 3. The van der Waals surface area contributed by atoms with E-state index in [9.17, 15) is 19.5 Å². The van der Waals surface area contributed by atoms with E-state index in [1.54, 1.807) is 24.8 Å². The van der Waals surface area contributed by atoms with Crippen LogP contribution in [0.2, 0.25) is 5.02 Å². The average molecular weight is 514 g/mol. The number of aliphatic hydroxyl groups is 1. The van der Waals surface area contributed by atoms with Gasteiger partial charge in [-0.25, -0.2) is 0 Å². The van der Waals surface area contributed by atoms with Crippen molar-refractivity contribution in [1.29, 1.82) is 0 Å². The summed E-state index contributed by atoms with van der Waals surface area (Å²) in [6, 6.07) is 13.2. The number of nitrogens with zero attached hydrogens (tertiary/aromatic N) is 1. The number of hydrogen-bond donors (Lipinski definition) is 3. The normalized spacial score (nSPS) is 29.7. The summed E-state index contributed by atoms with van der Waals surface area (Å²) in [7, 11) is 0. The monoisotopic (exact) mass is 513 g/mol.